The Kier molecular flexibility index (Phi) is 7.54. The average Bonchev–Trinajstić information content (AvgIpc) is 2.42. The van der Waals surface area contributed by atoms with E-state index in [1.54, 1.807) is 6.07 Å². The molecule has 118 valence electrons. The fourth-order valence-electron chi connectivity index (χ4n) is 1.92. The summed E-state index contributed by atoms with van der Waals surface area (Å²) in [7, 11) is 0. The molecule has 0 aromatic heterocycles. The summed E-state index contributed by atoms with van der Waals surface area (Å²) in [6, 6.07) is 7.40. The molecule has 0 heterocycles. The van der Waals surface area contributed by atoms with Crippen molar-refractivity contribution in [3.63, 3.8) is 0 Å². The molecular weight excluding hydrogens is 290 g/mol. The second kappa shape index (κ2) is 8.90. The topological polar surface area (TPSA) is 58.6 Å². The lowest BCUT2D eigenvalue weighted by Gasteiger charge is -2.23. The molecule has 0 saturated carbocycles. The summed E-state index contributed by atoms with van der Waals surface area (Å²) in [6.07, 6.45) is 1.86. The van der Waals surface area contributed by atoms with Crippen molar-refractivity contribution in [2.45, 2.75) is 33.1 Å². The van der Waals surface area contributed by atoms with Crippen molar-refractivity contribution in [3.8, 4) is 5.75 Å². The van der Waals surface area contributed by atoms with Crippen molar-refractivity contribution >= 4 is 17.6 Å². The van der Waals surface area contributed by atoms with Crippen molar-refractivity contribution < 1.29 is 14.6 Å². The number of benzene rings is 1. The zero-order valence-corrected chi connectivity index (χ0v) is 13.4. The quantitative estimate of drug-likeness (QED) is 0.648. The van der Waals surface area contributed by atoms with E-state index in [9.17, 15) is 4.79 Å². The lowest BCUT2D eigenvalue weighted by molar-refractivity contribution is -0.137. The third-order valence-electron chi connectivity index (χ3n) is 3.37. The third-order valence-corrected chi connectivity index (χ3v) is 3.68. The molecule has 1 aromatic carbocycles. The molecule has 0 fully saturated rings. The molecule has 0 spiro atoms. The van der Waals surface area contributed by atoms with Gasteiger partial charge in [0.15, 0.2) is 0 Å². The molecule has 4 nitrogen and oxygen atoms in total. The molecule has 0 aliphatic carbocycles. The van der Waals surface area contributed by atoms with E-state index >= 15 is 0 Å². The van der Waals surface area contributed by atoms with Crippen molar-refractivity contribution in [1.29, 1.82) is 0 Å². The number of aliphatic carboxylic acids is 1. The fourth-order valence-corrected chi connectivity index (χ4v) is 2.11. The highest BCUT2D eigenvalue weighted by Gasteiger charge is 2.18. The predicted molar refractivity (Wildman–Crippen MR) is 85.1 cm³/mol. The number of hydrogen-bond donors (Lipinski definition) is 2. The van der Waals surface area contributed by atoms with Crippen LogP contribution in [-0.2, 0) is 4.79 Å². The zero-order chi connectivity index (χ0) is 15.7. The molecule has 5 heteroatoms. The Balaban J connectivity index is 2.12. The van der Waals surface area contributed by atoms with E-state index in [1.807, 2.05) is 18.2 Å². The van der Waals surface area contributed by atoms with Crippen LogP contribution in [0.25, 0.3) is 0 Å². The van der Waals surface area contributed by atoms with Gasteiger partial charge in [-0.2, -0.15) is 0 Å². The number of rotatable bonds is 10. The highest BCUT2D eigenvalue weighted by Crippen LogP contribution is 2.26. The van der Waals surface area contributed by atoms with Crippen LogP contribution in [0.1, 0.15) is 33.1 Å². The summed E-state index contributed by atoms with van der Waals surface area (Å²) in [6.45, 7) is 6.33. The zero-order valence-electron chi connectivity index (χ0n) is 12.7. The second-order valence-corrected chi connectivity index (χ2v) is 6.24. The van der Waals surface area contributed by atoms with Crippen LogP contribution >= 0.6 is 11.6 Å². The van der Waals surface area contributed by atoms with Crippen molar-refractivity contribution in [2.75, 3.05) is 19.7 Å². The van der Waals surface area contributed by atoms with E-state index in [2.05, 4.69) is 19.2 Å². The van der Waals surface area contributed by atoms with Crippen molar-refractivity contribution in [2.24, 2.45) is 5.41 Å². The molecule has 0 aliphatic heterocycles. The number of ether oxygens (including phenoxy) is 1. The Morgan fingerprint density at radius 2 is 2.00 bits per heavy atom. The van der Waals surface area contributed by atoms with Crippen molar-refractivity contribution in [1.82, 2.24) is 5.32 Å². The molecule has 0 radical (unpaired) electrons. The van der Waals surface area contributed by atoms with Crippen LogP contribution in [0.15, 0.2) is 24.3 Å². The van der Waals surface area contributed by atoms with Crippen molar-refractivity contribution in [3.05, 3.63) is 29.3 Å². The van der Waals surface area contributed by atoms with E-state index in [1.165, 1.54) is 0 Å². The van der Waals surface area contributed by atoms with Gasteiger partial charge in [-0.25, -0.2) is 0 Å². The molecule has 0 atom stereocenters. The first-order valence-electron chi connectivity index (χ1n) is 7.20. The molecule has 1 aromatic rings. The normalized spacial score (nSPS) is 11.4. The highest BCUT2D eigenvalue weighted by molar-refractivity contribution is 6.32. The average molecular weight is 314 g/mol. The number of para-hydroxylation sites is 1. The van der Waals surface area contributed by atoms with Gasteiger partial charge in [-0.15, -0.1) is 0 Å². The number of carboxylic acids is 1. The number of carbonyl (C=O) groups is 1. The number of nitrogens with one attached hydrogen (secondary N) is 1. The van der Waals surface area contributed by atoms with E-state index in [-0.39, 0.29) is 11.8 Å². The minimum atomic E-state index is -0.732. The first kappa shape index (κ1) is 17.8. The van der Waals surface area contributed by atoms with E-state index < -0.39 is 5.97 Å². The monoisotopic (exact) mass is 313 g/mol. The summed E-state index contributed by atoms with van der Waals surface area (Å²) >= 11 is 5.99. The minimum Gasteiger partial charge on any atom is -0.491 e. The molecule has 1 rings (SSSR count). The standard InChI is InChI=1S/C16H24ClNO3/c1-16(2,8-7-15(19)20)9-10-18-11-12-21-14-6-4-3-5-13(14)17/h3-6,18H,7-12H2,1-2H3,(H,19,20). The van der Waals surface area contributed by atoms with Gasteiger partial charge in [-0.1, -0.05) is 37.6 Å². The Hall–Kier alpha value is -1.26. The Morgan fingerprint density at radius 1 is 1.29 bits per heavy atom. The van der Waals surface area contributed by atoms with Crippen LogP contribution in [0, 0.1) is 5.41 Å². The maximum absolute atomic E-state index is 10.6. The van der Waals surface area contributed by atoms with Gasteiger partial charge >= 0.3 is 5.97 Å². The van der Waals surface area contributed by atoms with Gasteiger partial charge in [0.05, 0.1) is 5.02 Å². The van der Waals surface area contributed by atoms with Gasteiger partial charge in [0.25, 0.3) is 0 Å². The minimum absolute atomic E-state index is 0.0367. The maximum atomic E-state index is 10.6. The molecule has 2 N–H and O–H groups in total. The molecule has 21 heavy (non-hydrogen) atoms. The van der Waals surface area contributed by atoms with Gasteiger partial charge < -0.3 is 15.2 Å². The summed E-state index contributed by atoms with van der Waals surface area (Å²) in [5.41, 5.74) is 0.0367. The van der Waals surface area contributed by atoms with E-state index in [4.69, 9.17) is 21.4 Å². The van der Waals surface area contributed by atoms with Crippen LogP contribution in [0.3, 0.4) is 0 Å². The largest absolute Gasteiger partial charge is 0.491 e. The van der Waals surface area contributed by atoms with Crippen LogP contribution in [-0.4, -0.2) is 30.8 Å². The predicted octanol–water partition coefficient (Wildman–Crippen LogP) is 3.59. The van der Waals surface area contributed by atoms with Crippen LogP contribution in [0.2, 0.25) is 5.02 Å². The SMILES string of the molecule is CC(C)(CCNCCOc1ccccc1Cl)CCC(=O)O. The molecule has 0 aliphatic rings. The Bertz CT molecular complexity index is 449. The smallest absolute Gasteiger partial charge is 0.303 e. The third kappa shape index (κ3) is 7.93. The van der Waals surface area contributed by atoms with Gasteiger partial charge in [-0.3, -0.25) is 4.79 Å². The highest BCUT2D eigenvalue weighted by atomic mass is 35.5. The summed E-state index contributed by atoms with van der Waals surface area (Å²) < 4.78 is 5.58. The number of halogens is 1. The summed E-state index contributed by atoms with van der Waals surface area (Å²) in [5, 5.41) is 12.6. The molecule has 0 unspecified atom stereocenters. The lowest BCUT2D eigenvalue weighted by Crippen LogP contribution is -2.26. The first-order valence-corrected chi connectivity index (χ1v) is 7.58. The number of carboxylic acid groups (broad SMARTS) is 1. The Labute approximate surface area is 131 Å². The maximum Gasteiger partial charge on any atom is 0.303 e. The van der Waals surface area contributed by atoms with Crippen LogP contribution in [0.5, 0.6) is 5.75 Å². The first-order chi connectivity index (χ1) is 9.91. The van der Waals surface area contributed by atoms with E-state index in [0.29, 0.717) is 23.8 Å². The lowest BCUT2D eigenvalue weighted by atomic mass is 9.84. The molecule has 0 amide bonds. The summed E-state index contributed by atoms with van der Waals surface area (Å²) in [5.74, 6) is -0.0353. The van der Waals surface area contributed by atoms with Gasteiger partial charge in [0.2, 0.25) is 0 Å². The van der Waals surface area contributed by atoms with Gasteiger partial charge in [-0.05, 0) is 36.9 Å². The summed E-state index contributed by atoms with van der Waals surface area (Å²) in [4.78, 5) is 10.6. The second-order valence-electron chi connectivity index (χ2n) is 5.84. The fraction of sp³-hybridized carbons (Fsp3) is 0.562. The number of hydrogen-bond acceptors (Lipinski definition) is 3. The van der Waals surface area contributed by atoms with Crippen LogP contribution in [0.4, 0.5) is 0 Å². The molecule has 0 saturated heterocycles. The molecular formula is C16H24ClNO3. The molecule has 0 bridgehead atoms. The van der Waals surface area contributed by atoms with Gasteiger partial charge in [0.1, 0.15) is 12.4 Å². The Morgan fingerprint density at radius 3 is 2.67 bits per heavy atom. The van der Waals surface area contributed by atoms with E-state index in [0.717, 1.165) is 19.5 Å². The van der Waals surface area contributed by atoms with Crippen LogP contribution < -0.4 is 10.1 Å². The van der Waals surface area contributed by atoms with Gasteiger partial charge in [0, 0.05) is 13.0 Å².